The largest absolute Gasteiger partial charge is 0.373 e. The molecule has 0 aromatic heterocycles. The lowest BCUT2D eigenvalue weighted by Crippen LogP contribution is -2.46. The molecule has 0 amide bonds. The number of hydrogen-bond acceptors (Lipinski definition) is 3. The first-order valence-corrected chi connectivity index (χ1v) is 7.50. The maximum absolute atomic E-state index is 5.73. The minimum absolute atomic E-state index is 0.0251. The minimum atomic E-state index is -0.0251. The smallest absolute Gasteiger partial charge is 0.191 e. The fraction of sp³-hybridized carbons (Fsp3) is 0.917. The first-order chi connectivity index (χ1) is 8.09. The third kappa shape index (κ3) is 5.17. The molecule has 17 heavy (non-hydrogen) atoms. The SMILES string of the molecule is CN=C(NCC(C)SC)NCC1(C)CCCO1. The molecule has 4 nitrogen and oxygen atoms in total. The molecule has 0 aromatic carbocycles. The quantitative estimate of drug-likeness (QED) is 0.580. The second kappa shape index (κ2) is 7.11. The first kappa shape index (κ1) is 14.6. The highest BCUT2D eigenvalue weighted by atomic mass is 32.2. The van der Waals surface area contributed by atoms with Crippen LogP contribution in [0.25, 0.3) is 0 Å². The maximum Gasteiger partial charge on any atom is 0.191 e. The van der Waals surface area contributed by atoms with Crippen LogP contribution in [0, 0.1) is 0 Å². The van der Waals surface area contributed by atoms with Gasteiger partial charge in [-0.05, 0) is 26.0 Å². The molecule has 1 saturated heterocycles. The number of ether oxygens (including phenoxy) is 1. The Morgan fingerprint density at radius 1 is 1.53 bits per heavy atom. The number of nitrogens with zero attached hydrogens (tertiary/aromatic N) is 1. The van der Waals surface area contributed by atoms with E-state index in [0.717, 1.165) is 38.5 Å². The number of aliphatic imine (C=N–C) groups is 1. The zero-order chi connectivity index (χ0) is 12.7. The third-order valence-electron chi connectivity index (χ3n) is 3.11. The molecule has 0 bridgehead atoms. The molecule has 100 valence electrons. The van der Waals surface area contributed by atoms with E-state index in [0.29, 0.717) is 5.25 Å². The number of hydrogen-bond donors (Lipinski definition) is 2. The van der Waals surface area contributed by atoms with Crippen LogP contribution >= 0.6 is 11.8 Å². The van der Waals surface area contributed by atoms with Crippen molar-refractivity contribution in [3.8, 4) is 0 Å². The van der Waals surface area contributed by atoms with Gasteiger partial charge in [0, 0.05) is 32.0 Å². The van der Waals surface area contributed by atoms with E-state index in [1.165, 1.54) is 0 Å². The summed E-state index contributed by atoms with van der Waals surface area (Å²) in [5.41, 5.74) is -0.0251. The summed E-state index contributed by atoms with van der Waals surface area (Å²) in [7, 11) is 1.80. The van der Waals surface area contributed by atoms with E-state index >= 15 is 0 Å². The second-order valence-corrected chi connectivity index (χ2v) is 6.03. The standard InChI is InChI=1S/C12H25N3OS/c1-10(17-4)8-14-11(13-3)15-9-12(2)6-5-7-16-12/h10H,5-9H2,1-4H3,(H2,13,14,15). The topological polar surface area (TPSA) is 45.7 Å². The average Bonchev–Trinajstić information content (AvgIpc) is 2.76. The molecule has 2 atom stereocenters. The van der Waals surface area contributed by atoms with Crippen molar-refractivity contribution in [2.24, 2.45) is 4.99 Å². The lowest BCUT2D eigenvalue weighted by atomic mass is 10.0. The Bertz CT molecular complexity index is 252. The van der Waals surface area contributed by atoms with Crippen LogP contribution in [0.15, 0.2) is 4.99 Å². The van der Waals surface area contributed by atoms with Crippen LogP contribution in [-0.4, -0.2) is 49.8 Å². The van der Waals surface area contributed by atoms with E-state index < -0.39 is 0 Å². The maximum atomic E-state index is 5.73. The summed E-state index contributed by atoms with van der Waals surface area (Å²) in [6.07, 6.45) is 4.40. The van der Waals surface area contributed by atoms with Gasteiger partial charge in [0.2, 0.25) is 0 Å². The second-order valence-electron chi connectivity index (χ2n) is 4.75. The molecule has 0 radical (unpaired) electrons. The van der Waals surface area contributed by atoms with E-state index in [9.17, 15) is 0 Å². The predicted octanol–water partition coefficient (Wildman–Crippen LogP) is 1.47. The molecule has 2 unspecified atom stereocenters. The van der Waals surface area contributed by atoms with Gasteiger partial charge in [-0.1, -0.05) is 6.92 Å². The molecule has 0 aliphatic carbocycles. The normalized spacial score (nSPS) is 26.9. The summed E-state index contributed by atoms with van der Waals surface area (Å²) in [4.78, 5) is 4.22. The summed E-state index contributed by atoms with van der Waals surface area (Å²) in [5, 5.41) is 7.25. The Balaban J connectivity index is 2.27. The van der Waals surface area contributed by atoms with E-state index in [1.54, 1.807) is 7.05 Å². The van der Waals surface area contributed by atoms with Crippen LogP contribution in [-0.2, 0) is 4.74 Å². The molecule has 0 spiro atoms. The fourth-order valence-corrected chi connectivity index (χ4v) is 2.04. The van der Waals surface area contributed by atoms with Crippen LogP contribution in [0.1, 0.15) is 26.7 Å². The van der Waals surface area contributed by atoms with Gasteiger partial charge >= 0.3 is 0 Å². The molecular formula is C12H25N3OS. The number of guanidine groups is 1. The zero-order valence-corrected chi connectivity index (χ0v) is 12.2. The molecule has 0 aromatic rings. The van der Waals surface area contributed by atoms with Gasteiger partial charge in [0.15, 0.2) is 5.96 Å². The Hall–Kier alpha value is -0.420. The summed E-state index contributed by atoms with van der Waals surface area (Å²) in [5.74, 6) is 0.864. The van der Waals surface area contributed by atoms with Gasteiger partial charge in [-0.15, -0.1) is 0 Å². The van der Waals surface area contributed by atoms with Crippen molar-refractivity contribution in [3.63, 3.8) is 0 Å². The molecule has 1 aliphatic heterocycles. The number of rotatable bonds is 5. The Morgan fingerprint density at radius 3 is 2.82 bits per heavy atom. The molecule has 1 aliphatic rings. The van der Waals surface area contributed by atoms with Crippen molar-refractivity contribution in [3.05, 3.63) is 0 Å². The Kier molecular flexibility index (Phi) is 6.12. The van der Waals surface area contributed by atoms with Crippen LogP contribution in [0.2, 0.25) is 0 Å². The zero-order valence-electron chi connectivity index (χ0n) is 11.4. The monoisotopic (exact) mass is 259 g/mol. The lowest BCUT2D eigenvalue weighted by Gasteiger charge is -2.25. The lowest BCUT2D eigenvalue weighted by molar-refractivity contribution is 0.0243. The number of nitrogens with one attached hydrogen (secondary N) is 2. The minimum Gasteiger partial charge on any atom is -0.373 e. The highest BCUT2D eigenvalue weighted by molar-refractivity contribution is 7.99. The van der Waals surface area contributed by atoms with Crippen LogP contribution in [0.5, 0.6) is 0 Å². The Labute approximate surface area is 109 Å². The van der Waals surface area contributed by atoms with Crippen LogP contribution in [0.4, 0.5) is 0 Å². The van der Waals surface area contributed by atoms with E-state index in [-0.39, 0.29) is 5.60 Å². The highest BCUT2D eigenvalue weighted by Crippen LogP contribution is 2.23. The van der Waals surface area contributed by atoms with Gasteiger partial charge in [-0.2, -0.15) is 11.8 Å². The summed E-state index contributed by atoms with van der Waals surface area (Å²) in [6.45, 7) is 6.99. The van der Waals surface area contributed by atoms with Gasteiger partial charge in [-0.3, -0.25) is 4.99 Å². The van der Waals surface area contributed by atoms with Gasteiger partial charge in [0.1, 0.15) is 0 Å². The summed E-state index contributed by atoms with van der Waals surface area (Å²) in [6, 6.07) is 0. The highest BCUT2D eigenvalue weighted by Gasteiger charge is 2.29. The van der Waals surface area contributed by atoms with Crippen molar-refractivity contribution in [1.82, 2.24) is 10.6 Å². The first-order valence-electron chi connectivity index (χ1n) is 6.21. The molecular weight excluding hydrogens is 234 g/mol. The van der Waals surface area contributed by atoms with E-state index in [1.807, 2.05) is 11.8 Å². The molecule has 5 heteroatoms. The van der Waals surface area contributed by atoms with Crippen molar-refractivity contribution < 1.29 is 4.74 Å². The summed E-state index contributed by atoms with van der Waals surface area (Å²) < 4.78 is 5.73. The van der Waals surface area contributed by atoms with Gasteiger partial charge in [-0.25, -0.2) is 0 Å². The van der Waals surface area contributed by atoms with Crippen molar-refractivity contribution in [2.75, 3.05) is 33.0 Å². The Morgan fingerprint density at radius 2 is 2.29 bits per heavy atom. The number of thioether (sulfide) groups is 1. The predicted molar refractivity (Wildman–Crippen MR) is 75.9 cm³/mol. The molecule has 1 fully saturated rings. The van der Waals surface area contributed by atoms with Crippen molar-refractivity contribution in [1.29, 1.82) is 0 Å². The van der Waals surface area contributed by atoms with Crippen molar-refractivity contribution >= 4 is 17.7 Å². The molecule has 1 heterocycles. The van der Waals surface area contributed by atoms with Crippen LogP contribution in [0.3, 0.4) is 0 Å². The van der Waals surface area contributed by atoms with E-state index in [2.05, 4.69) is 35.7 Å². The van der Waals surface area contributed by atoms with E-state index in [4.69, 9.17) is 4.74 Å². The third-order valence-corrected chi connectivity index (χ3v) is 4.08. The fourth-order valence-electron chi connectivity index (χ4n) is 1.79. The molecule has 1 rings (SSSR count). The summed E-state index contributed by atoms with van der Waals surface area (Å²) >= 11 is 1.85. The molecule has 0 saturated carbocycles. The molecule has 2 N–H and O–H groups in total. The van der Waals surface area contributed by atoms with Gasteiger partial charge in [0.05, 0.1) is 5.60 Å². The van der Waals surface area contributed by atoms with Crippen LogP contribution < -0.4 is 10.6 Å². The average molecular weight is 259 g/mol. The van der Waals surface area contributed by atoms with Crippen molar-refractivity contribution in [2.45, 2.75) is 37.5 Å². The van der Waals surface area contributed by atoms with Gasteiger partial charge < -0.3 is 15.4 Å². The van der Waals surface area contributed by atoms with Gasteiger partial charge in [0.25, 0.3) is 0 Å².